The van der Waals surface area contributed by atoms with Crippen LogP contribution in [0.3, 0.4) is 0 Å². The highest BCUT2D eigenvalue weighted by molar-refractivity contribution is 6.14. The zero-order valence-electron chi connectivity index (χ0n) is 12.6. The lowest BCUT2D eigenvalue weighted by Gasteiger charge is -2.20. The van der Waals surface area contributed by atoms with Crippen molar-refractivity contribution in [1.29, 1.82) is 0 Å². The lowest BCUT2D eigenvalue weighted by atomic mass is 9.92. The molecule has 0 bridgehead atoms. The molecule has 2 aromatic carbocycles. The Balaban J connectivity index is 2.11. The van der Waals surface area contributed by atoms with Crippen LogP contribution in [0.1, 0.15) is 22.3 Å². The normalized spacial score (nSPS) is 13.4. The van der Waals surface area contributed by atoms with Gasteiger partial charge in [-0.3, -0.25) is 4.99 Å². The summed E-state index contributed by atoms with van der Waals surface area (Å²) in [6.07, 6.45) is 0.936. The molecule has 1 heterocycles. The molecule has 108 valence electrons. The number of methoxy groups -OCH3 is 2. The highest BCUT2D eigenvalue weighted by atomic mass is 16.5. The molecule has 1 aliphatic heterocycles. The monoisotopic (exact) mass is 281 g/mol. The van der Waals surface area contributed by atoms with Gasteiger partial charge in [0.1, 0.15) is 0 Å². The van der Waals surface area contributed by atoms with Crippen molar-refractivity contribution in [1.82, 2.24) is 0 Å². The Kier molecular flexibility index (Phi) is 3.65. The van der Waals surface area contributed by atoms with E-state index in [1.165, 1.54) is 11.1 Å². The van der Waals surface area contributed by atoms with Gasteiger partial charge in [0.05, 0.1) is 19.9 Å². The Labute approximate surface area is 125 Å². The lowest BCUT2D eigenvalue weighted by molar-refractivity contribution is 0.354. The average molecular weight is 281 g/mol. The third-order valence-corrected chi connectivity index (χ3v) is 3.84. The molecule has 0 saturated heterocycles. The summed E-state index contributed by atoms with van der Waals surface area (Å²) < 4.78 is 10.8. The van der Waals surface area contributed by atoms with E-state index in [9.17, 15) is 0 Å². The minimum atomic E-state index is 0.748. The Morgan fingerprint density at radius 1 is 0.952 bits per heavy atom. The SMILES string of the molecule is COc1cc2c(cc1OC)C(c1ccc(C)cc1)=NCC2. The Morgan fingerprint density at radius 3 is 2.29 bits per heavy atom. The van der Waals surface area contributed by atoms with Crippen LogP contribution in [0.15, 0.2) is 41.4 Å². The first-order chi connectivity index (χ1) is 10.2. The van der Waals surface area contributed by atoms with Gasteiger partial charge in [-0.1, -0.05) is 29.8 Å². The highest BCUT2D eigenvalue weighted by Crippen LogP contribution is 2.33. The van der Waals surface area contributed by atoms with Gasteiger partial charge in [-0.15, -0.1) is 0 Å². The first-order valence-electron chi connectivity index (χ1n) is 7.09. The molecule has 2 aromatic rings. The van der Waals surface area contributed by atoms with Gasteiger partial charge >= 0.3 is 0 Å². The second kappa shape index (κ2) is 5.60. The highest BCUT2D eigenvalue weighted by Gasteiger charge is 2.19. The van der Waals surface area contributed by atoms with Crippen molar-refractivity contribution in [2.75, 3.05) is 20.8 Å². The molecule has 0 radical (unpaired) electrons. The fourth-order valence-electron chi connectivity index (χ4n) is 2.68. The predicted molar refractivity (Wildman–Crippen MR) is 84.9 cm³/mol. The summed E-state index contributed by atoms with van der Waals surface area (Å²) in [6.45, 7) is 2.90. The van der Waals surface area contributed by atoms with Gasteiger partial charge in [0.2, 0.25) is 0 Å². The molecule has 0 atom stereocenters. The maximum absolute atomic E-state index is 5.43. The second-order valence-electron chi connectivity index (χ2n) is 5.21. The number of benzene rings is 2. The molecular weight excluding hydrogens is 262 g/mol. The first-order valence-corrected chi connectivity index (χ1v) is 7.09. The Bertz CT molecular complexity index is 687. The van der Waals surface area contributed by atoms with Crippen LogP contribution in [-0.2, 0) is 6.42 Å². The van der Waals surface area contributed by atoms with E-state index in [-0.39, 0.29) is 0 Å². The minimum Gasteiger partial charge on any atom is -0.493 e. The van der Waals surface area contributed by atoms with Crippen molar-refractivity contribution in [3.05, 3.63) is 58.7 Å². The molecule has 3 rings (SSSR count). The molecule has 0 aromatic heterocycles. The van der Waals surface area contributed by atoms with Crippen LogP contribution in [0.4, 0.5) is 0 Å². The van der Waals surface area contributed by atoms with Gasteiger partial charge in [0, 0.05) is 17.7 Å². The van der Waals surface area contributed by atoms with E-state index in [0.717, 1.165) is 41.3 Å². The van der Waals surface area contributed by atoms with Crippen LogP contribution in [-0.4, -0.2) is 26.5 Å². The van der Waals surface area contributed by atoms with Gasteiger partial charge in [0.15, 0.2) is 11.5 Å². The number of rotatable bonds is 3. The van der Waals surface area contributed by atoms with Crippen LogP contribution in [0.25, 0.3) is 0 Å². The fourth-order valence-corrected chi connectivity index (χ4v) is 2.68. The van der Waals surface area contributed by atoms with E-state index in [2.05, 4.69) is 37.3 Å². The Hall–Kier alpha value is -2.29. The summed E-state index contributed by atoms with van der Waals surface area (Å²) in [4.78, 5) is 4.72. The zero-order chi connectivity index (χ0) is 14.8. The summed E-state index contributed by atoms with van der Waals surface area (Å²) in [5.41, 5.74) is 5.84. The van der Waals surface area contributed by atoms with E-state index in [1.54, 1.807) is 14.2 Å². The van der Waals surface area contributed by atoms with Gasteiger partial charge in [-0.2, -0.15) is 0 Å². The molecular formula is C18H19NO2. The quantitative estimate of drug-likeness (QED) is 0.863. The molecule has 21 heavy (non-hydrogen) atoms. The standard InChI is InChI=1S/C18H19NO2/c1-12-4-6-13(7-5-12)18-15-11-17(21-3)16(20-2)10-14(15)8-9-19-18/h4-7,10-11H,8-9H2,1-3H3. The number of nitrogens with zero attached hydrogens (tertiary/aromatic N) is 1. The summed E-state index contributed by atoms with van der Waals surface area (Å²) in [7, 11) is 3.33. The Morgan fingerprint density at radius 2 is 1.62 bits per heavy atom. The average Bonchev–Trinajstić information content (AvgIpc) is 2.53. The molecule has 0 unspecified atom stereocenters. The van der Waals surface area contributed by atoms with Gasteiger partial charge in [-0.05, 0) is 31.0 Å². The number of aryl methyl sites for hydroxylation is 1. The third kappa shape index (κ3) is 2.51. The van der Waals surface area contributed by atoms with Gasteiger partial charge in [0.25, 0.3) is 0 Å². The summed E-state index contributed by atoms with van der Waals surface area (Å²) in [5, 5.41) is 0. The molecule has 0 aliphatic carbocycles. The molecule has 0 N–H and O–H groups in total. The second-order valence-corrected chi connectivity index (χ2v) is 5.21. The summed E-state index contributed by atoms with van der Waals surface area (Å²) >= 11 is 0. The maximum atomic E-state index is 5.43. The van der Waals surface area contributed by atoms with Crippen molar-refractivity contribution >= 4 is 5.71 Å². The number of hydrogen-bond donors (Lipinski definition) is 0. The predicted octanol–water partition coefficient (Wildman–Crippen LogP) is 3.41. The molecule has 3 heteroatoms. The minimum absolute atomic E-state index is 0.748. The third-order valence-electron chi connectivity index (χ3n) is 3.84. The van der Waals surface area contributed by atoms with E-state index in [1.807, 2.05) is 6.07 Å². The zero-order valence-corrected chi connectivity index (χ0v) is 12.6. The van der Waals surface area contributed by atoms with Crippen molar-refractivity contribution in [3.8, 4) is 11.5 Å². The first kappa shape index (κ1) is 13.7. The van der Waals surface area contributed by atoms with E-state index < -0.39 is 0 Å². The van der Waals surface area contributed by atoms with Crippen molar-refractivity contribution in [3.63, 3.8) is 0 Å². The molecule has 0 saturated carbocycles. The van der Waals surface area contributed by atoms with E-state index in [4.69, 9.17) is 14.5 Å². The number of hydrogen-bond acceptors (Lipinski definition) is 3. The van der Waals surface area contributed by atoms with Crippen LogP contribution >= 0.6 is 0 Å². The number of ether oxygens (including phenoxy) is 2. The summed E-state index contributed by atoms with van der Waals surface area (Å²) in [5.74, 6) is 1.53. The molecule has 0 fully saturated rings. The molecule has 1 aliphatic rings. The molecule has 3 nitrogen and oxygen atoms in total. The molecule has 0 spiro atoms. The fraction of sp³-hybridized carbons (Fsp3) is 0.278. The van der Waals surface area contributed by atoms with Crippen molar-refractivity contribution < 1.29 is 9.47 Å². The van der Waals surface area contributed by atoms with E-state index in [0.29, 0.717) is 0 Å². The van der Waals surface area contributed by atoms with Crippen LogP contribution in [0.2, 0.25) is 0 Å². The van der Waals surface area contributed by atoms with Crippen molar-refractivity contribution in [2.24, 2.45) is 4.99 Å². The topological polar surface area (TPSA) is 30.8 Å². The number of fused-ring (bicyclic) bond motifs is 1. The lowest BCUT2D eigenvalue weighted by Crippen LogP contribution is -2.14. The van der Waals surface area contributed by atoms with Gasteiger partial charge in [-0.25, -0.2) is 0 Å². The van der Waals surface area contributed by atoms with Gasteiger partial charge < -0.3 is 9.47 Å². The van der Waals surface area contributed by atoms with Crippen LogP contribution < -0.4 is 9.47 Å². The van der Waals surface area contributed by atoms with Crippen LogP contribution in [0.5, 0.6) is 11.5 Å². The largest absolute Gasteiger partial charge is 0.493 e. The number of aliphatic imine (C=N–C) groups is 1. The molecule has 0 amide bonds. The van der Waals surface area contributed by atoms with Crippen molar-refractivity contribution in [2.45, 2.75) is 13.3 Å². The van der Waals surface area contributed by atoms with E-state index >= 15 is 0 Å². The summed E-state index contributed by atoms with van der Waals surface area (Å²) in [6, 6.07) is 12.6. The maximum Gasteiger partial charge on any atom is 0.161 e. The smallest absolute Gasteiger partial charge is 0.161 e. The van der Waals surface area contributed by atoms with Crippen LogP contribution in [0, 0.1) is 6.92 Å².